The molecule has 0 spiro atoms. The summed E-state index contributed by atoms with van der Waals surface area (Å²) in [7, 11) is 0. The fourth-order valence-corrected chi connectivity index (χ4v) is 6.98. The first-order valence-electron chi connectivity index (χ1n) is 12.5. The fraction of sp³-hybridized carbons (Fsp3) is 0.478. The number of unbranched alkanes of at least 4 members (excludes halogenated alkanes) is 3. The van der Waals surface area contributed by atoms with Crippen molar-refractivity contribution in [3.05, 3.63) is 35.0 Å². The van der Waals surface area contributed by atoms with Gasteiger partial charge in [0.05, 0.1) is 0 Å². The molecule has 0 radical (unpaired) electrons. The van der Waals surface area contributed by atoms with Crippen molar-refractivity contribution < 1.29 is 24.3 Å². The highest BCUT2D eigenvalue weighted by Gasteiger charge is 2.54. The monoisotopic (exact) mass is 643 g/mol. The number of β-lactam (4-membered cyclic amide) rings is 1. The summed E-state index contributed by atoms with van der Waals surface area (Å²) in [5.74, 6) is -1.77. The van der Waals surface area contributed by atoms with Crippen molar-refractivity contribution >= 4 is 75.9 Å². The maximum absolute atomic E-state index is 13.1. The largest absolute Gasteiger partial charge is 0.477 e. The number of oxime groups is 1. The minimum atomic E-state index is -1.21. The van der Waals surface area contributed by atoms with Gasteiger partial charge in [0, 0.05) is 23.4 Å². The van der Waals surface area contributed by atoms with Crippen molar-refractivity contribution in [2.45, 2.75) is 55.7 Å². The van der Waals surface area contributed by atoms with Gasteiger partial charge >= 0.3 is 5.97 Å². The van der Waals surface area contributed by atoms with Crippen LogP contribution in [0.3, 0.4) is 0 Å². The van der Waals surface area contributed by atoms with Gasteiger partial charge in [-0.3, -0.25) is 14.5 Å². The topological polar surface area (TPSA) is 191 Å². The van der Waals surface area contributed by atoms with E-state index in [0.29, 0.717) is 28.8 Å². The van der Waals surface area contributed by atoms with Crippen LogP contribution in [-0.4, -0.2) is 88.2 Å². The summed E-state index contributed by atoms with van der Waals surface area (Å²) in [5.41, 5.74) is 6.24. The van der Waals surface area contributed by atoms with Gasteiger partial charge in [-0.15, -0.1) is 40.6 Å². The number of carboxylic acid groups (broad SMARTS) is 1. The summed E-state index contributed by atoms with van der Waals surface area (Å²) in [6.45, 7) is 6.42. The van der Waals surface area contributed by atoms with Gasteiger partial charge in [0.1, 0.15) is 29.4 Å². The van der Waals surface area contributed by atoms with E-state index in [4.69, 9.17) is 10.6 Å². The number of nitrogens with one attached hydrogen (secondary N) is 1. The Hall–Kier alpha value is -3.15. The zero-order chi connectivity index (χ0) is 28.6. The SMILES string of the molecule is C=CCO/N=C(/C(=O)NC1C(=O)N2C(C(=O)O)=C(CSc3nnnn3CCCCCC)CSC12)c1csc(N)n1.Cl. The van der Waals surface area contributed by atoms with Crippen LogP contribution < -0.4 is 11.1 Å². The number of thioether (sulfide) groups is 2. The van der Waals surface area contributed by atoms with Gasteiger partial charge in [-0.1, -0.05) is 55.8 Å². The second kappa shape index (κ2) is 15.2. The number of fused-ring (bicyclic) bond motifs is 1. The number of anilines is 1. The van der Waals surface area contributed by atoms with Crippen molar-refractivity contribution in [2.75, 3.05) is 23.8 Å². The van der Waals surface area contributed by atoms with Crippen LogP contribution in [0.15, 0.2) is 39.6 Å². The van der Waals surface area contributed by atoms with E-state index in [9.17, 15) is 19.5 Å². The number of aryl methyl sites for hydroxylation is 1. The zero-order valence-electron chi connectivity index (χ0n) is 22.1. The van der Waals surface area contributed by atoms with Crippen molar-refractivity contribution in [2.24, 2.45) is 5.16 Å². The second-order valence-electron chi connectivity index (χ2n) is 8.75. The third-order valence-electron chi connectivity index (χ3n) is 5.96. The number of nitrogens with two attached hydrogens (primary N) is 1. The molecule has 2 aromatic heterocycles. The molecule has 222 valence electrons. The Balaban J connectivity index is 0.00000462. The normalized spacial score (nSPS) is 18.3. The second-order valence-corrected chi connectivity index (χ2v) is 11.7. The number of carboxylic acids is 1. The number of hydrogen-bond acceptors (Lipinski definition) is 13. The molecule has 0 aromatic carbocycles. The maximum Gasteiger partial charge on any atom is 0.352 e. The predicted molar refractivity (Wildman–Crippen MR) is 159 cm³/mol. The number of carbonyl (C=O) groups is 3. The molecule has 0 bridgehead atoms. The number of tetrazole rings is 1. The molecule has 0 aliphatic carbocycles. The molecule has 2 unspecified atom stereocenters. The van der Waals surface area contributed by atoms with E-state index in [1.807, 2.05) is 0 Å². The van der Waals surface area contributed by atoms with E-state index in [2.05, 4.69) is 44.5 Å². The summed E-state index contributed by atoms with van der Waals surface area (Å²) in [5, 5.41) is 30.1. The first-order chi connectivity index (χ1) is 19.3. The predicted octanol–water partition coefficient (Wildman–Crippen LogP) is 2.15. The molecule has 14 nitrogen and oxygen atoms in total. The standard InChI is InChI=1S/C23H29N9O5S3.ClH/c1-3-5-6-7-8-31-23(27-29-30-31)40-11-13-10-38-20-16(19(34)32(20)17(13)21(35)36)26-18(33)15(28-37-9-4-2)14-12-39-22(24)25-14;/h4,12,16,20H,2-3,5-11H2,1H3,(H2,24,25)(H,26,33)(H,35,36);1H/b28-15+;. The first-order valence-corrected chi connectivity index (χ1v) is 15.4. The van der Waals surface area contributed by atoms with Crippen LogP contribution in [0.25, 0.3) is 0 Å². The highest BCUT2D eigenvalue weighted by Crippen LogP contribution is 2.41. The van der Waals surface area contributed by atoms with Gasteiger partial charge in [-0.25, -0.2) is 14.5 Å². The molecule has 2 aromatic rings. The third-order valence-corrected chi connectivity index (χ3v) is 9.02. The van der Waals surface area contributed by atoms with Gasteiger partial charge in [0.2, 0.25) is 5.16 Å². The fourth-order valence-electron chi connectivity index (χ4n) is 4.04. The first kappa shape index (κ1) is 32.4. The van der Waals surface area contributed by atoms with Crippen LogP contribution in [-0.2, 0) is 25.8 Å². The van der Waals surface area contributed by atoms with E-state index in [0.717, 1.165) is 37.0 Å². The number of carbonyl (C=O) groups excluding carboxylic acids is 2. The number of amides is 2. The van der Waals surface area contributed by atoms with E-state index >= 15 is 0 Å². The molecule has 4 heterocycles. The van der Waals surface area contributed by atoms with Crippen molar-refractivity contribution in [1.82, 2.24) is 35.4 Å². The van der Waals surface area contributed by atoms with Crippen molar-refractivity contribution in [3.63, 3.8) is 0 Å². The van der Waals surface area contributed by atoms with Crippen molar-refractivity contribution in [1.29, 1.82) is 0 Å². The van der Waals surface area contributed by atoms with Crippen LogP contribution in [0, 0.1) is 0 Å². The lowest BCUT2D eigenvalue weighted by atomic mass is 10.0. The molecular formula is C23H30ClN9O5S3. The zero-order valence-corrected chi connectivity index (χ0v) is 25.4. The smallest absolute Gasteiger partial charge is 0.352 e. The Labute approximate surface area is 254 Å². The molecule has 2 aliphatic heterocycles. The maximum atomic E-state index is 13.1. The molecule has 18 heteroatoms. The molecule has 0 saturated carbocycles. The Bertz CT molecular complexity index is 1330. The average Bonchev–Trinajstić information content (AvgIpc) is 3.58. The third kappa shape index (κ3) is 7.58. The molecule has 4 N–H and O–H groups in total. The lowest BCUT2D eigenvalue weighted by Crippen LogP contribution is -2.71. The van der Waals surface area contributed by atoms with Gasteiger partial charge in [-0.05, 0) is 22.4 Å². The van der Waals surface area contributed by atoms with Crippen molar-refractivity contribution in [3.8, 4) is 0 Å². The molecular weight excluding hydrogens is 614 g/mol. The average molecular weight is 644 g/mol. The van der Waals surface area contributed by atoms with E-state index in [1.54, 1.807) is 10.1 Å². The molecule has 4 rings (SSSR count). The lowest BCUT2D eigenvalue weighted by Gasteiger charge is -2.49. The molecule has 2 atom stereocenters. The number of nitrogens with zero attached hydrogens (tertiary/aromatic N) is 7. The van der Waals surface area contributed by atoms with E-state index in [-0.39, 0.29) is 41.2 Å². The number of hydrogen-bond donors (Lipinski definition) is 3. The summed E-state index contributed by atoms with van der Waals surface area (Å²) in [4.78, 5) is 48.8. The van der Waals surface area contributed by atoms with Gasteiger partial charge in [-0.2, -0.15) is 0 Å². The van der Waals surface area contributed by atoms with Crippen LogP contribution in [0.1, 0.15) is 38.3 Å². The summed E-state index contributed by atoms with van der Waals surface area (Å²) in [6.07, 6.45) is 5.76. The van der Waals surface area contributed by atoms with Gasteiger partial charge in [0.15, 0.2) is 10.8 Å². The Morgan fingerprint density at radius 3 is 2.88 bits per heavy atom. The van der Waals surface area contributed by atoms with E-state index in [1.165, 1.54) is 34.5 Å². The summed E-state index contributed by atoms with van der Waals surface area (Å²) < 4.78 is 1.72. The molecule has 41 heavy (non-hydrogen) atoms. The molecule has 1 saturated heterocycles. The minimum absolute atomic E-state index is 0. The highest BCUT2D eigenvalue weighted by molar-refractivity contribution is 8.01. The Kier molecular flexibility index (Phi) is 12.0. The lowest BCUT2D eigenvalue weighted by molar-refractivity contribution is -0.150. The number of aromatic nitrogens is 5. The molecule has 2 amide bonds. The minimum Gasteiger partial charge on any atom is -0.477 e. The Morgan fingerprint density at radius 1 is 1.39 bits per heavy atom. The number of rotatable bonds is 15. The quantitative estimate of drug-likeness (QED) is 0.0641. The van der Waals surface area contributed by atoms with Crippen LogP contribution >= 0.6 is 47.3 Å². The highest BCUT2D eigenvalue weighted by atomic mass is 35.5. The molecule has 1 fully saturated rings. The molecule has 2 aliphatic rings. The van der Waals surface area contributed by atoms with Crippen LogP contribution in [0.4, 0.5) is 5.13 Å². The number of halogens is 1. The number of nitrogen functional groups attached to an aromatic ring is 1. The van der Waals surface area contributed by atoms with E-state index < -0.39 is 29.2 Å². The van der Waals surface area contributed by atoms with Crippen LogP contribution in [0.5, 0.6) is 0 Å². The Morgan fingerprint density at radius 2 is 2.20 bits per heavy atom. The summed E-state index contributed by atoms with van der Waals surface area (Å²) >= 11 is 3.82. The van der Waals surface area contributed by atoms with Gasteiger partial charge < -0.3 is 21.0 Å². The summed E-state index contributed by atoms with van der Waals surface area (Å²) in [6, 6.07) is -0.947. The van der Waals surface area contributed by atoms with Gasteiger partial charge in [0.25, 0.3) is 11.8 Å². The number of aliphatic carboxylic acids is 1. The van der Waals surface area contributed by atoms with Crippen LogP contribution in [0.2, 0.25) is 0 Å². The number of thiazole rings is 1.